The van der Waals surface area contributed by atoms with E-state index in [1.807, 2.05) is 0 Å². The lowest BCUT2D eigenvalue weighted by atomic mass is 10.1. The molecular formula is C14H19N3O. The minimum absolute atomic E-state index is 0.701. The molecule has 0 unspecified atom stereocenters. The number of hydrogen-bond donors (Lipinski definition) is 1. The van der Waals surface area contributed by atoms with Gasteiger partial charge in [0.05, 0.1) is 0 Å². The number of hydrogen-bond acceptors (Lipinski definition) is 4. The molecule has 0 atom stereocenters. The summed E-state index contributed by atoms with van der Waals surface area (Å²) in [6, 6.07) is 10.6. The highest BCUT2D eigenvalue weighted by atomic mass is 16.5. The van der Waals surface area contributed by atoms with Gasteiger partial charge in [0.15, 0.2) is 6.33 Å². The predicted molar refractivity (Wildman–Crippen MR) is 70.3 cm³/mol. The van der Waals surface area contributed by atoms with Gasteiger partial charge >= 0.3 is 0 Å². The summed E-state index contributed by atoms with van der Waals surface area (Å²) in [5.41, 5.74) is 1.42. The largest absolute Gasteiger partial charge is 0.340 e. The van der Waals surface area contributed by atoms with E-state index in [1.165, 1.54) is 24.7 Å². The quantitative estimate of drug-likeness (QED) is 0.725. The van der Waals surface area contributed by atoms with Crippen LogP contribution in [0.15, 0.2) is 41.2 Å². The molecule has 1 aromatic carbocycles. The van der Waals surface area contributed by atoms with Crippen LogP contribution >= 0.6 is 0 Å². The van der Waals surface area contributed by atoms with Crippen molar-refractivity contribution in [3.05, 3.63) is 48.1 Å². The van der Waals surface area contributed by atoms with Crippen molar-refractivity contribution in [2.45, 2.75) is 25.7 Å². The molecule has 1 aromatic heterocycles. The molecule has 0 spiro atoms. The summed E-state index contributed by atoms with van der Waals surface area (Å²) in [6.45, 7) is 1.94. The third-order valence-electron chi connectivity index (χ3n) is 2.83. The van der Waals surface area contributed by atoms with Gasteiger partial charge in [-0.1, -0.05) is 35.5 Å². The molecule has 0 saturated carbocycles. The van der Waals surface area contributed by atoms with Gasteiger partial charge in [-0.25, -0.2) is 0 Å². The molecule has 0 amide bonds. The molecule has 4 heteroatoms. The molecule has 0 aliphatic rings. The topological polar surface area (TPSA) is 51.0 Å². The predicted octanol–water partition coefficient (Wildman–Crippen LogP) is 2.22. The molecule has 0 aliphatic heterocycles. The van der Waals surface area contributed by atoms with Gasteiger partial charge in [0.1, 0.15) is 0 Å². The third-order valence-corrected chi connectivity index (χ3v) is 2.83. The maximum Gasteiger partial charge on any atom is 0.227 e. The summed E-state index contributed by atoms with van der Waals surface area (Å²) in [5.74, 6) is 0.701. The molecule has 96 valence electrons. The zero-order chi connectivity index (χ0) is 12.5. The molecule has 0 saturated heterocycles. The summed E-state index contributed by atoms with van der Waals surface area (Å²) in [7, 11) is 0. The molecule has 2 rings (SSSR count). The maximum absolute atomic E-state index is 4.92. The molecule has 1 N–H and O–H groups in total. The number of benzene rings is 1. The summed E-state index contributed by atoms with van der Waals surface area (Å²) in [5, 5.41) is 6.95. The Kier molecular flexibility index (Phi) is 5.40. The van der Waals surface area contributed by atoms with Crippen LogP contribution in [0.2, 0.25) is 0 Å². The molecule has 4 nitrogen and oxygen atoms in total. The van der Waals surface area contributed by atoms with Crippen LogP contribution in [-0.2, 0) is 12.8 Å². The fourth-order valence-corrected chi connectivity index (χ4v) is 1.85. The molecule has 0 radical (unpaired) electrons. The summed E-state index contributed by atoms with van der Waals surface area (Å²) in [6.07, 6.45) is 5.82. The molecule has 1 heterocycles. The average molecular weight is 245 g/mol. The van der Waals surface area contributed by atoms with Crippen LogP contribution in [0, 0.1) is 0 Å². The SMILES string of the molecule is c1ccc(CCCCNCCc2ncno2)cc1. The second kappa shape index (κ2) is 7.61. The van der Waals surface area contributed by atoms with Gasteiger partial charge in [0.25, 0.3) is 0 Å². The van der Waals surface area contributed by atoms with Gasteiger partial charge in [-0.3, -0.25) is 0 Å². The summed E-state index contributed by atoms with van der Waals surface area (Å²) >= 11 is 0. The van der Waals surface area contributed by atoms with Gasteiger partial charge < -0.3 is 9.84 Å². The second-order valence-electron chi connectivity index (χ2n) is 4.28. The van der Waals surface area contributed by atoms with Crippen molar-refractivity contribution < 1.29 is 4.52 Å². The van der Waals surface area contributed by atoms with E-state index >= 15 is 0 Å². The Morgan fingerprint density at radius 2 is 1.89 bits per heavy atom. The Bertz CT molecular complexity index is 414. The zero-order valence-electron chi connectivity index (χ0n) is 10.5. The minimum atomic E-state index is 0.701. The highest BCUT2D eigenvalue weighted by molar-refractivity contribution is 5.14. The number of aryl methyl sites for hydroxylation is 1. The third kappa shape index (κ3) is 4.67. The molecular weight excluding hydrogens is 226 g/mol. The van der Waals surface area contributed by atoms with Crippen LogP contribution in [-0.4, -0.2) is 23.2 Å². The second-order valence-corrected chi connectivity index (χ2v) is 4.28. The lowest BCUT2D eigenvalue weighted by Gasteiger charge is -2.03. The smallest absolute Gasteiger partial charge is 0.227 e. The number of nitrogens with one attached hydrogen (secondary N) is 1. The van der Waals surface area contributed by atoms with Crippen LogP contribution in [0.3, 0.4) is 0 Å². The van der Waals surface area contributed by atoms with Gasteiger partial charge in [0.2, 0.25) is 5.89 Å². The molecule has 0 bridgehead atoms. The monoisotopic (exact) mass is 245 g/mol. The highest BCUT2D eigenvalue weighted by Gasteiger charge is 1.97. The van der Waals surface area contributed by atoms with Crippen LogP contribution in [0.4, 0.5) is 0 Å². The fourth-order valence-electron chi connectivity index (χ4n) is 1.85. The first-order chi connectivity index (χ1) is 8.95. The molecule has 0 aliphatic carbocycles. The Morgan fingerprint density at radius 1 is 1.00 bits per heavy atom. The lowest BCUT2D eigenvalue weighted by Crippen LogP contribution is -2.18. The molecule has 18 heavy (non-hydrogen) atoms. The summed E-state index contributed by atoms with van der Waals surface area (Å²) in [4.78, 5) is 3.97. The first kappa shape index (κ1) is 12.8. The van der Waals surface area contributed by atoms with E-state index in [9.17, 15) is 0 Å². The first-order valence-corrected chi connectivity index (χ1v) is 6.45. The lowest BCUT2D eigenvalue weighted by molar-refractivity contribution is 0.374. The van der Waals surface area contributed by atoms with Crippen LogP contribution in [0.25, 0.3) is 0 Å². The van der Waals surface area contributed by atoms with Crippen LogP contribution < -0.4 is 5.32 Å². The normalized spacial score (nSPS) is 10.7. The van der Waals surface area contributed by atoms with Gasteiger partial charge in [0, 0.05) is 13.0 Å². The summed E-state index contributed by atoms with van der Waals surface area (Å²) < 4.78 is 4.92. The molecule has 0 fully saturated rings. The van der Waals surface area contributed by atoms with E-state index in [0.717, 1.165) is 25.9 Å². The van der Waals surface area contributed by atoms with E-state index in [0.29, 0.717) is 5.89 Å². The fraction of sp³-hybridized carbons (Fsp3) is 0.429. The minimum Gasteiger partial charge on any atom is -0.340 e. The van der Waals surface area contributed by atoms with E-state index in [1.54, 1.807) is 0 Å². The number of nitrogens with zero attached hydrogens (tertiary/aromatic N) is 2. The van der Waals surface area contributed by atoms with E-state index in [4.69, 9.17) is 4.52 Å². The number of aromatic nitrogens is 2. The van der Waals surface area contributed by atoms with E-state index in [-0.39, 0.29) is 0 Å². The van der Waals surface area contributed by atoms with Crippen LogP contribution in [0.5, 0.6) is 0 Å². The van der Waals surface area contributed by atoms with Crippen molar-refractivity contribution in [1.82, 2.24) is 15.5 Å². The van der Waals surface area contributed by atoms with E-state index < -0.39 is 0 Å². The van der Waals surface area contributed by atoms with Crippen molar-refractivity contribution in [3.8, 4) is 0 Å². The standard InChI is InChI=1S/C14H19N3O/c1-2-6-13(7-3-1)8-4-5-10-15-11-9-14-16-12-17-18-14/h1-3,6-7,12,15H,4-5,8-11H2. The van der Waals surface area contributed by atoms with Crippen LogP contribution in [0.1, 0.15) is 24.3 Å². The first-order valence-electron chi connectivity index (χ1n) is 6.45. The number of rotatable bonds is 8. The Morgan fingerprint density at radius 3 is 2.67 bits per heavy atom. The Hall–Kier alpha value is -1.68. The Balaban J connectivity index is 1.47. The average Bonchev–Trinajstić information content (AvgIpc) is 2.92. The Labute approximate surface area is 107 Å². The van der Waals surface area contributed by atoms with Gasteiger partial charge in [-0.2, -0.15) is 4.98 Å². The molecule has 2 aromatic rings. The number of unbranched alkanes of at least 4 members (excludes halogenated alkanes) is 1. The van der Waals surface area contributed by atoms with Crippen molar-refractivity contribution in [2.24, 2.45) is 0 Å². The van der Waals surface area contributed by atoms with Crippen molar-refractivity contribution >= 4 is 0 Å². The van der Waals surface area contributed by atoms with Crippen molar-refractivity contribution in [1.29, 1.82) is 0 Å². The highest BCUT2D eigenvalue weighted by Crippen LogP contribution is 2.03. The van der Waals surface area contributed by atoms with Gasteiger partial charge in [-0.05, 0) is 31.4 Å². The van der Waals surface area contributed by atoms with E-state index in [2.05, 4.69) is 45.8 Å². The van der Waals surface area contributed by atoms with Gasteiger partial charge in [-0.15, -0.1) is 0 Å². The van der Waals surface area contributed by atoms with Crippen molar-refractivity contribution in [3.63, 3.8) is 0 Å². The zero-order valence-corrected chi connectivity index (χ0v) is 10.5. The maximum atomic E-state index is 4.92. The van der Waals surface area contributed by atoms with Crippen molar-refractivity contribution in [2.75, 3.05) is 13.1 Å².